The third-order valence-corrected chi connectivity index (χ3v) is 5.20. The molecule has 0 saturated carbocycles. The summed E-state index contributed by atoms with van der Waals surface area (Å²) in [7, 11) is -1.09. The molecule has 0 aliphatic rings. The molecule has 0 atom stereocenters. The smallest absolute Gasteiger partial charge is 0.246 e. The summed E-state index contributed by atoms with van der Waals surface area (Å²) in [5.74, 6) is -7.69. The van der Waals surface area contributed by atoms with Crippen LogP contribution in [0.2, 0.25) is 0 Å². The fraction of sp³-hybridized carbons (Fsp3) is 0.200. The molecule has 2 aromatic rings. The SMILES string of the molecule is COc1ccc(-c2c(F)c(F)c(F)c(F)c2S(=O)(=O)N(C)C)cc1. The van der Waals surface area contributed by atoms with Gasteiger partial charge >= 0.3 is 0 Å². The number of rotatable bonds is 4. The lowest BCUT2D eigenvalue weighted by atomic mass is 10.0. The molecule has 0 unspecified atom stereocenters. The first-order valence-electron chi connectivity index (χ1n) is 6.55. The lowest BCUT2D eigenvalue weighted by Gasteiger charge is -2.18. The van der Waals surface area contributed by atoms with Crippen molar-refractivity contribution in [2.45, 2.75) is 4.90 Å². The molecule has 4 nitrogen and oxygen atoms in total. The zero-order valence-corrected chi connectivity index (χ0v) is 13.7. The van der Waals surface area contributed by atoms with Gasteiger partial charge in [-0.2, -0.15) is 0 Å². The molecule has 0 saturated heterocycles. The molecular formula is C15H13F4NO3S. The minimum atomic E-state index is -4.58. The molecule has 0 heterocycles. The number of hydrogen-bond acceptors (Lipinski definition) is 3. The topological polar surface area (TPSA) is 46.6 Å². The summed E-state index contributed by atoms with van der Waals surface area (Å²) < 4.78 is 85.7. The Morgan fingerprint density at radius 3 is 1.83 bits per heavy atom. The second-order valence-corrected chi connectivity index (χ2v) is 7.06. The summed E-state index contributed by atoms with van der Waals surface area (Å²) in [5.41, 5.74) is -1.03. The fourth-order valence-electron chi connectivity index (χ4n) is 2.05. The Kier molecular flexibility index (Phi) is 4.86. The summed E-state index contributed by atoms with van der Waals surface area (Å²) in [6, 6.07) is 5.12. The number of sulfonamides is 1. The van der Waals surface area contributed by atoms with Crippen molar-refractivity contribution in [3.8, 4) is 16.9 Å². The maximum atomic E-state index is 14.3. The van der Waals surface area contributed by atoms with Gasteiger partial charge in [0.05, 0.1) is 7.11 Å². The number of hydrogen-bond donors (Lipinski definition) is 0. The highest BCUT2D eigenvalue weighted by Gasteiger charge is 2.34. The van der Waals surface area contributed by atoms with E-state index >= 15 is 0 Å². The van der Waals surface area contributed by atoms with Gasteiger partial charge in [0.2, 0.25) is 10.0 Å². The lowest BCUT2D eigenvalue weighted by molar-refractivity contribution is 0.396. The van der Waals surface area contributed by atoms with Crippen molar-refractivity contribution >= 4 is 10.0 Å². The van der Waals surface area contributed by atoms with Crippen molar-refractivity contribution in [2.24, 2.45) is 0 Å². The van der Waals surface area contributed by atoms with Crippen molar-refractivity contribution in [1.82, 2.24) is 4.31 Å². The number of nitrogens with zero attached hydrogens (tertiary/aromatic N) is 1. The van der Waals surface area contributed by atoms with Crippen LogP contribution in [0.15, 0.2) is 29.2 Å². The highest BCUT2D eigenvalue weighted by atomic mass is 32.2. The lowest BCUT2D eigenvalue weighted by Crippen LogP contribution is -2.25. The molecule has 130 valence electrons. The van der Waals surface area contributed by atoms with E-state index in [-0.39, 0.29) is 5.56 Å². The van der Waals surface area contributed by atoms with Crippen molar-refractivity contribution in [3.05, 3.63) is 47.5 Å². The van der Waals surface area contributed by atoms with E-state index in [1.165, 1.54) is 31.4 Å². The second-order valence-electron chi connectivity index (χ2n) is 4.98. The van der Waals surface area contributed by atoms with Crippen LogP contribution in [0.5, 0.6) is 5.75 Å². The fourth-order valence-corrected chi connectivity index (χ4v) is 3.20. The molecule has 0 aromatic heterocycles. The molecule has 2 aromatic carbocycles. The monoisotopic (exact) mass is 363 g/mol. The normalized spacial score (nSPS) is 11.8. The van der Waals surface area contributed by atoms with Crippen LogP contribution in [0, 0.1) is 23.3 Å². The van der Waals surface area contributed by atoms with Gasteiger partial charge < -0.3 is 4.74 Å². The van der Waals surface area contributed by atoms with Gasteiger partial charge in [-0.1, -0.05) is 12.1 Å². The predicted octanol–water partition coefficient (Wildman–Crippen LogP) is 3.17. The molecule has 0 amide bonds. The van der Waals surface area contributed by atoms with Gasteiger partial charge in [0.1, 0.15) is 10.6 Å². The Labute approximate surface area is 136 Å². The van der Waals surface area contributed by atoms with Gasteiger partial charge in [-0.3, -0.25) is 0 Å². The number of methoxy groups -OCH3 is 1. The van der Waals surface area contributed by atoms with Gasteiger partial charge in [-0.25, -0.2) is 30.3 Å². The summed E-state index contributed by atoms with van der Waals surface area (Å²) >= 11 is 0. The second kappa shape index (κ2) is 6.40. The molecule has 0 fully saturated rings. The first-order chi connectivity index (χ1) is 11.1. The van der Waals surface area contributed by atoms with E-state index in [2.05, 4.69) is 0 Å². The van der Waals surface area contributed by atoms with E-state index in [4.69, 9.17) is 4.74 Å². The van der Waals surface area contributed by atoms with Crippen LogP contribution >= 0.6 is 0 Å². The average Bonchev–Trinajstić information content (AvgIpc) is 2.55. The van der Waals surface area contributed by atoms with Gasteiger partial charge in [0.25, 0.3) is 0 Å². The van der Waals surface area contributed by atoms with Gasteiger partial charge in [-0.05, 0) is 17.7 Å². The Hall–Kier alpha value is -2.13. The number of benzene rings is 2. The van der Waals surface area contributed by atoms with E-state index in [0.29, 0.717) is 10.1 Å². The molecule has 0 aliphatic carbocycles. The summed E-state index contributed by atoms with van der Waals surface area (Å²) in [4.78, 5) is -1.27. The van der Waals surface area contributed by atoms with Gasteiger partial charge in [0.15, 0.2) is 23.3 Å². The largest absolute Gasteiger partial charge is 0.497 e. The molecule has 0 N–H and O–H groups in total. The molecule has 2 rings (SSSR count). The van der Waals surface area contributed by atoms with E-state index in [0.717, 1.165) is 14.1 Å². The molecule has 0 bridgehead atoms. The maximum absolute atomic E-state index is 14.3. The van der Waals surface area contributed by atoms with Crippen LogP contribution in [0.1, 0.15) is 0 Å². The molecule has 24 heavy (non-hydrogen) atoms. The highest BCUT2D eigenvalue weighted by Crippen LogP contribution is 2.37. The maximum Gasteiger partial charge on any atom is 0.246 e. The first kappa shape index (κ1) is 18.2. The van der Waals surface area contributed by atoms with E-state index in [1.807, 2.05) is 0 Å². The number of ether oxygens (including phenoxy) is 1. The van der Waals surface area contributed by atoms with E-state index < -0.39 is 43.8 Å². The van der Waals surface area contributed by atoms with E-state index in [9.17, 15) is 26.0 Å². The Morgan fingerprint density at radius 1 is 0.875 bits per heavy atom. The highest BCUT2D eigenvalue weighted by molar-refractivity contribution is 7.89. The summed E-state index contributed by atoms with van der Waals surface area (Å²) in [6.07, 6.45) is 0. The van der Waals surface area contributed by atoms with Crippen molar-refractivity contribution < 1.29 is 30.7 Å². The van der Waals surface area contributed by atoms with Crippen LogP contribution in [0.4, 0.5) is 17.6 Å². The van der Waals surface area contributed by atoms with Gasteiger partial charge in [0, 0.05) is 19.7 Å². The van der Waals surface area contributed by atoms with Crippen LogP contribution < -0.4 is 4.74 Å². The molecule has 0 aliphatic heterocycles. The average molecular weight is 363 g/mol. The standard InChI is InChI=1S/C15H13F4NO3S/c1-20(2)24(21,22)15-10(8-4-6-9(23-3)7-5-8)11(16)12(17)13(18)14(15)19/h4-7H,1-3H3. The third kappa shape index (κ3) is 2.84. The zero-order chi connectivity index (χ0) is 18.2. The minimum Gasteiger partial charge on any atom is -0.497 e. The Bertz CT molecular complexity index is 881. The third-order valence-electron chi connectivity index (χ3n) is 3.34. The minimum absolute atomic E-state index is 0.147. The zero-order valence-electron chi connectivity index (χ0n) is 12.9. The Balaban J connectivity index is 2.92. The first-order valence-corrected chi connectivity index (χ1v) is 7.99. The van der Waals surface area contributed by atoms with Crippen molar-refractivity contribution in [2.75, 3.05) is 21.2 Å². The van der Waals surface area contributed by atoms with Crippen LogP contribution in [-0.4, -0.2) is 33.9 Å². The van der Waals surface area contributed by atoms with Crippen LogP contribution in [0.25, 0.3) is 11.1 Å². The van der Waals surface area contributed by atoms with Crippen molar-refractivity contribution in [3.63, 3.8) is 0 Å². The summed E-state index contributed by atoms with van der Waals surface area (Å²) in [6.45, 7) is 0. The molecular weight excluding hydrogens is 350 g/mol. The molecule has 0 spiro atoms. The Morgan fingerprint density at radius 2 is 1.38 bits per heavy atom. The van der Waals surface area contributed by atoms with Crippen molar-refractivity contribution in [1.29, 1.82) is 0 Å². The van der Waals surface area contributed by atoms with Crippen LogP contribution in [-0.2, 0) is 10.0 Å². The van der Waals surface area contributed by atoms with E-state index in [1.54, 1.807) is 0 Å². The number of halogens is 4. The summed E-state index contributed by atoms with van der Waals surface area (Å²) in [5, 5.41) is 0. The molecule has 9 heteroatoms. The molecule has 0 radical (unpaired) electrons. The quantitative estimate of drug-likeness (QED) is 0.476. The van der Waals surface area contributed by atoms with Gasteiger partial charge in [-0.15, -0.1) is 0 Å². The predicted molar refractivity (Wildman–Crippen MR) is 79.1 cm³/mol. The van der Waals surface area contributed by atoms with Crippen LogP contribution in [0.3, 0.4) is 0 Å².